The largest absolute Gasteiger partial charge is 0.360 e. The van der Waals surface area contributed by atoms with E-state index in [4.69, 9.17) is 12.2 Å². The Balaban J connectivity index is 1.32. The molecule has 2 aromatic rings. The zero-order valence-corrected chi connectivity index (χ0v) is 12.8. The standard InChI is InChI=1S/C16H20N4S/c21-16(19-14-8-11-4-5-12(14)7-11)17-9-13-10-20-6-2-1-3-15(20)18-13/h1-3,6,10-12,14H,4-5,7-9H2,(H2,17,19,21)/t11-,12-,14+/m0/s1. The SMILES string of the molecule is S=C(NCc1cn2ccccc2n1)N[C@@H]1C[C@H]2CC[C@H]1C2. The first-order valence-corrected chi connectivity index (χ1v) is 8.16. The Morgan fingerprint density at radius 1 is 1.33 bits per heavy atom. The molecular formula is C16H20N4S. The zero-order valence-electron chi connectivity index (χ0n) is 12.0. The summed E-state index contributed by atoms with van der Waals surface area (Å²) in [4.78, 5) is 4.57. The van der Waals surface area contributed by atoms with Gasteiger partial charge in [0.25, 0.3) is 0 Å². The molecule has 0 unspecified atom stereocenters. The summed E-state index contributed by atoms with van der Waals surface area (Å²) in [5.74, 6) is 1.78. The van der Waals surface area contributed by atoms with E-state index in [9.17, 15) is 0 Å². The van der Waals surface area contributed by atoms with Crippen molar-refractivity contribution >= 4 is 23.0 Å². The average molecular weight is 300 g/mol. The van der Waals surface area contributed by atoms with Crippen molar-refractivity contribution in [1.82, 2.24) is 20.0 Å². The number of aromatic nitrogens is 2. The van der Waals surface area contributed by atoms with Crippen LogP contribution in [0, 0.1) is 11.8 Å². The number of nitrogens with one attached hydrogen (secondary N) is 2. The van der Waals surface area contributed by atoms with Gasteiger partial charge < -0.3 is 15.0 Å². The first-order chi connectivity index (χ1) is 10.3. The zero-order chi connectivity index (χ0) is 14.2. The first kappa shape index (κ1) is 13.1. The highest BCUT2D eigenvalue weighted by Crippen LogP contribution is 2.44. The van der Waals surface area contributed by atoms with Gasteiger partial charge in [0.05, 0.1) is 12.2 Å². The third kappa shape index (κ3) is 2.62. The minimum Gasteiger partial charge on any atom is -0.360 e. The molecule has 0 aromatic carbocycles. The number of thiocarbonyl (C=S) groups is 1. The molecule has 0 saturated heterocycles. The van der Waals surface area contributed by atoms with Crippen LogP contribution in [0.1, 0.15) is 31.4 Å². The van der Waals surface area contributed by atoms with Crippen molar-refractivity contribution < 1.29 is 0 Å². The van der Waals surface area contributed by atoms with Gasteiger partial charge in [-0.3, -0.25) is 0 Å². The third-order valence-electron chi connectivity index (χ3n) is 4.90. The van der Waals surface area contributed by atoms with Crippen LogP contribution in [0.5, 0.6) is 0 Å². The predicted molar refractivity (Wildman–Crippen MR) is 87.0 cm³/mol. The van der Waals surface area contributed by atoms with Crippen LogP contribution < -0.4 is 10.6 Å². The van der Waals surface area contributed by atoms with Crippen LogP contribution in [0.4, 0.5) is 0 Å². The Morgan fingerprint density at radius 3 is 3.05 bits per heavy atom. The van der Waals surface area contributed by atoms with E-state index in [0.29, 0.717) is 12.6 Å². The lowest BCUT2D eigenvalue weighted by Crippen LogP contribution is -2.44. The van der Waals surface area contributed by atoms with Crippen molar-refractivity contribution in [1.29, 1.82) is 0 Å². The van der Waals surface area contributed by atoms with Gasteiger partial charge >= 0.3 is 0 Å². The van der Waals surface area contributed by atoms with Gasteiger partial charge in [0.2, 0.25) is 0 Å². The van der Waals surface area contributed by atoms with Crippen molar-refractivity contribution in [3.63, 3.8) is 0 Å². The smallest absolute Gasteiger partial charge is 0.166 e. The molecule has 21 heavy (non-hydrogen) atoms. The topological polar surface area (TPSA) is 41.4 Å². The maximum atomic E-state index is 5.43. The second-order valence-electron chi connectivity index (χ2n) is 6.31. The second-order valence-corrected chi connectivity index (χ2v) is 6.71. The summed E-state index contributed by atoms with van der Waals surface area (Å²) < 4.78 is 2.03. The monoisotopic (exact) mass is 300 g/mol. The highest BCUT2D eigenvalue weighted by molar-refractivity contribution is 7.80. The maximum Gasteiger partial charge on any atom is 0.166 e. The van der Waals surface area contributed by atoms with E-state index >= 15 is 0 Å². The molecule has 2 aromatic heterocycles. The van der Waals surface area contributed by atoms with Crippen molar-refractivity contribution in [2.45, 2.75) is 38.3 Å². The predicted octanol–water partition coefficient (Wildman–Crippen LogP) is 2.49. The van der Waals surface area contributed by atoms with Crippen LogP contribution in [0.25, 0.3) is 5.65 Å². The van der Waals surface area contributed by atoms with Crippen LogP contribution in [0.15, 0.2) is 30.6 Å². The summed E-state index contributed by atoms with van der Waals surface area (Å²) in [5, 5.41) is 7.56. The molecule has 4 rings (SSSR count). The van der Waals surface area contributed by atoms with Gasteiger partial charge in [-0.2, -0.15) is 0 Å². The van der Waals surface area contributed by atoms with E-state index in [1.165, 1.54) is 25.7 Å². The van der Waals surface area contributed by atoms with E-state index in [-0.39, 0.29) is 0 Å². The summed E-state index contributed by atoms with van der Waals surface area (Å²) in [6.07, 6.45) is 9.54. The van der Waals surface area contributed by atoms with Crippen molar-refractivity contribution in [2.75, 3.05) is 0 Å². The van der Waals surface area contributed by atoms with Crippen molar-refractivity contribution in [3.8, 4) is 0 Å². The Hall–Kier alpha value is -1.62. The summed E-state index contributed by atoms with van der Waals surface area (Å²) in [7, 11) is 0. The lowest BCUT2D eigenvalue weighted by Gasteiger charge is -2.24. The molecule has 2 fully saturated rings. The van der Waals surface area contributed by atoms with Gasteiger partial charge in [-0.05, 0) is 55.4 Å². The van der Waals surface area contributed by atoms with Crippen LogP contribution in [-0.4, -0.2) is 20.5 Å². The van der Waals surface area contributed by atoms with Gasteiger partial charge in [-0.1, -0.05) is 12.5 Å². The molecule has 0 radical (unpaired) electrons. The highest BCUT2D eigenvalue weighted by Gasteiger charge is 2.39. The number of rotatable bonds is 3. The molecule has 0 spiro atoms. The fourth-order valence-corrected chi connectivity index (χ4v) is 4.11. The Bertz CT molecular complexity index is 632. The molecule has 2 bridgehead atoms. The first-order valence-electron chi connectivity index (χ1n) is 7.75. The number of hydrogen-bond acceptors (Lipinski definition) is 2. The third-order valence-corrected chi connectivity index (χ3v) is 5.16. The molecule has 5 heteroatoms. The second kappa shape index (κ2) is 5.30. The minimum absolute atomic E-state index is 0.588. The molecule has 2 aliphatic rings. The number of imidazole rings is 1. The Labute approximate surface area is 130 Å². The van der Waals surface area contributed by atoms with Crippen LogP contribution in [0.3, 0.4) is 0 Å². The lowest BCUT2D eigenvalue weighted by molar-refractivity contribution is 0.389. The molecular weight excluding hydrogens is 280 g/mol. The molecule has 2 aliphatic carbocycles. The summed E-state index contributed by atoms with van der Waals surface area (Å²) in [6, 6.07) is 6.61. The fourth-order valence-electron chi connectivity index (χ4n) is 3.88. The summed E-state index contributed by atoms with van der Waals surface area (Å²) >= 11 is 5.43. The Kier molecular flexibility index (Phi) is 3.30. The van der Waals surface area contributed by atoms with E-state index in [1.807, 2.05) is 35.0 Å². The van der Waals surface area contributed by atoms with E-state index < -0.39 is 0 Å². The van der Waals surface area contributed by atoms with Gasteiger partial charge in [0.15, 0.2) is 5.11 Å². The Morgan fingerprint density at radius 2 is 2.29 bits per heavy atom. The highest BCUT2D eigenvalue weighted by atomic mass is 32.1. The molecule has 2 saturated carbocycles. The quantitative estimate of drug-likeness (QED) is 0.855. The van der Waals surface area contributed by atoms with Crippen molar-refractivity contribution in [2.24, 2.45) is 11.8 Å². The maximum absolute atomic E-state index is 5.43. The number of nitrogens with zero attached hydrogens (tertiary/aromatic N) is 2. The molecule has 3 atom stereocenters. The van der Waals surface area contributed by atoms with Crippen LogP contribution in [0.2, 0.25) is 0 Å². The molecule has 0 amide bonds. The van der Waals surface area contributed by atoms with Crippen molar-refractivity contribution in [3.05, 3.63) is 36.3 Å². The van der Waals surface area contributed by atoms with Gasteiger partial charge in [0, 0.05) is 18.4 Å². The number of hydrogen-bond donors (Lipinski definition) is 2. The molecule has 4 nitrogen and oxygen atoms in total. The fraction of sp³-hybridized carbons (Fsp3) is 0.500. The molecule has 2 heterocycles. The van der Waals surface area contributed by atoms with Gasteiger partial charge in [-0.15, -0.1) is 0 Å². The minimum atomic E-state index is 0.588. The van der Waals surface area contributed by atoms with Gasteiger partial charge in [-0.25, -0.2) is 4.98 Å². The normalized spacial score (nSPS) is 27.1. The number of pyridine rings is 1. The van der Waals surface area contributed by atoms with E-state index in [0.717, 1.165) is 28.3 Å². The molecule has 110 valence electrons. The number of fused-ring (bicyclic) bond motifs is 3. The van der Waals surface area contributed by atoms with Crippen LogP contribution in [-0.2, 0) is 6.54 Å². The summed E-state index contributed by atoms with van der Waals surface area (Å²) in [6.45, 7) is 0.675. The molecule has 0 aliphatic heterocycles. The van der Waals surface area contributed by atoms with E-state index in [2.05, 4.69) is 15.6 Å². The average Bonchev–Trinajstić information content (AvgIpc) is 3.19. The summed E-state index contributed by atoms with van der Waals surface area (Å²) in [5.41, 5.74) is 1.99. The molecule has 2 N–H and O–H groups in total. The van der Waals surface area contributed by atoms with E-state index in [1.54, 1.807) is 0 Å². The van der Waals surface area contributed by atoms with Crippen LogP contribution >= 0.6 is 12.2 Å². The van der Waals surface area contributed by atoms with Gasteiger partial charge in [0.1, 0.15) is 5.65 Å². The lowest BCUT2D eigenvalue weighted by atomic mass is 9.96.